The third kappa shape index (κ3) is 4.78. The maximum absolute atomic E-state index is 12.0. The quantitative estimate of drug-likeness (QED) is 0.728. The molecule has 4 nitrogen and oxygen atoms in total. The summed E-state index contributed by atoms with van der Waals surface area (Å²) in [4.78, 5) is 13.7. The number of ether oxygens (including phenoxy) is 1. The van der Waals surface area contributed by atoms with Crippen LogP contribution in [0.15, 0.2) is 18.2 Å². The molecule has 0 bridgehead atoms. The highest BCUT2D eigenvalue weighted by Gasteiger charge is 2.25. The van der Waals surface area contributed by atoms with Crippen LogP contribution < -0.4 is 0 Å². The van der Waals surface area contributed by atoms with Gasteiger partial charge >= 0.3 is 6.09 Å². The Labute approximate surface area is 127 Å². The minimum atomic E-state index is -0.470. The van der Waals surface area contributed by atoms with E-state index in [2.05, 4.69) is 6.07 Å². The van der Waals surface area contributed by atoms with Gasteiger partial charge in [0.2, 0.25) is 0 Å². The normalized spacial score (nSPS) is 13.4. The molecule has 1 heterocycles. The molecular formula is C17H24N2O2. The summed E-state index contributed by atoms with van der Waals surface area (Å²) in [5.74, 6) is 0. The van der Waals surface area contributed by atoms with Crippen LogP contribution in [0, 0.1) is 11.3 Å². The van der Waals surface area contributed by atoms with Crippen molar-refractivity contribution < 1.29 is 9.53 Å². The van der Waals surface area contributed by atoms with Crippen LogP contribution in [0.4, 0.5) is 4.79 Å². The van der Waals surface area contributed by atoms with Gasteiger partial charge in [0.15, 0.2) is 0 Å². The molecule has 1 amide bonds. The summed E-state index contributed by atoms with van der Waals surface area (Å²) in [7, 11) is 0. The smallest absolute Gasteiger partial charge is 0.410 e. The first-order chi connectivity index (χ1) is 9.89. The van der Waals surface area contributed by atoms with Crippen molar-refractivity contribution >= 4 is 6.09 Å². The number of hydrogen-bond donors (Lipinski definition) is 0. The van der Waals surface area contributed by atoms with Crippen molar-refractivity contribution in [2.75, 3.05) is 6.54 Å². The summed E-state index contributed by atoms with van der Waals surface area (Å²) in [6.45, 7) is 10.8. The first-order valence-electron chi connectivity index (χ1n) is 7.39. The van der Waals surface area contributed by atoms with Gasteiger partial charge < -0.3 is 9.64 Å². The maximum Gasteiger partial charge on any atom is 0.410 e. The molecule has 1 aromatic rings. The Bertz CT molecular complexity index is 539. The van der Waals surface area contributed by atoms with Gasteiger partial charge in [-0.1, -0.05) is 19.9 Å². The highest BCUT2D eigenvalue weighted by Crippen LogP contribution is 2.22. The SMILES string of the molecule is CC.CC(C)(C)OC(=O)N1CCc2cc(C#N)ccc2C1. The molecule has 4 heteroatoms. The van der Waals surface area contributed by atoms with E-state index in [-0.39, 0.29) is 6.09 Å². The predicted octanol–water partition coefficient (Wildman–Crippen LogP) is 3.88. The number of amides is 1. The molecule has 0 N–H and O–H groups in total. The standard InChI is InChI=1S/C15H18N2O2.C2H6/c1-15(2,3)19-14(18)17-7-6-12-8-11(9-16)4-5-13(12)10-17;1-2/h4-5,8H,6-7,10H2,1-3H3;1-2H3. The minimum Gasteiger partial charge on any atom is -0.444 e. The zero-order chi connectivity index (χ0) is 16.0. The minimum absolute atomic E-state index is 0.275. The molecule has 0 saturated carbocycles. The molecule has 0 aliphatic carbocycles. The molecule has 0 atom stereocenters. The molecule has 1 aliphatic heterocycles. The van der Waals surface area contributed by atoms with Crippen molar-refractivity contribution in [1.82, 2.24) is 4.90 Å². The lowest BCUT2D eigenvalue weighted by Gasteiger charge is -2.31. The van der Waals surface area contributed by atoms with Gasteiger partial charge in [-0.25, -0.2) is 4.79 Å². The highest BCUT2D eigenvalue weighted by atomic mass is 16.6. The Balaban J connectivity index is 0.00000106. The largest absolute Gasteiger partial charge is 0.444 e. The van der Waals surface area contributed by atoms with Gasteiger partial charge in [-0.15, -0.1) is 0 Å². The first-order valence-corrected chi connectivity index (χ1v) is 7.39. The Morgan fingerprint density at radius 1 is 1.29 bits per heavy atom. The van der Waals surface area contributed by atoms with E-state index < -0.39 is 5.60 Å². The first kappa shape index (κ1) is 17.0. The van der Waals surface area contributed by atoms with Crippen molar-refractivity contribution in [2.24, 2.45) is 0 Å². The van der Waals surface area contributed by atoms with Gasteiger partial charge in [-0.2, -0.15) is 5.26 Å². The molecule has 1 aliphatic rings. The third-order valence-corrected chi connectivity index (χ3v) is 3.00. The summed E-state index contributed by atoms with van der Waals surface area (Å²) in [5.41, 5.74) is 2.45. The topological polar surface area (TPSA) is 53.3 Å². The number of hydrogen-bond acceptors (Lipinski definition) is 3. The molecule has 21 heavy (non-hydrogen) atoms. The summed E-state index contributed by atoms with van der Waals surface area (Å²) >= 11 is 0. The third-order valence-electron chi connectivity index (χ3n) is 3.00. The molecule has 0 aromatic heterocycles. The van der Waals surface area contributed by atoms with E-state index in [1.807, 2.05) is 46.8 Å². The van der Waals surface area contributed by atoms with E-state index in [0.29, 0.717) is 18.7 Å². The predicted molar refractivity (Wildman–Crippen MR) is 82.9 cm³/mol. The lowest BCUT2D eigenvalue weighted by molar-refractivity contribution is 0.0224. The van der Waals surface area contributed by atoms with Crippen molar-refractivity contribution in [2.45, 2.75) is 53.2 Å². The Kier molecular flexibility index (Phi) is 5.78. The fraction of sp³-hybridized carbons (Fsp3) is 0.529. The summed E-state index contributed by atoms with van der Waals surface area (Å²) in [5, 5.41) is 8.87. The van der Waals surface area contributed by atoms with Crippen LogP contribution in [-0.2, 0) is 17.7 Å². The van der Waals surface area contributed by atoms with Gasteiger partial charge in [0.05, 0.1) is 11.6 Å². The van der Waals surface area contributed by atoms with Crippen molar-refractivity contribution in [3.05, 3.63) is 34.9 Å². The van der Waals surface area contributed by atoms with E-state index >= 15 is 0 Å². The van der Waals surface area contributed by atoms with E-state index in [9.17, 15) is 4.79 Å². The van der Waals surface area contributed by atoms with Crippen LogP contribution in [0.25, 0.3) is 0 Å². The summed E-state index contributed by atoms with van der Waals surface area (Å²) in [6, 6.07) is 7.75. The molecule has 0 fully saturated rings. The average molecular weight is 288 g/mol. The number of fused-ring (bicyclic) bond motifs is 1. The molecule has 0 saturated heterocycles. The molecule has 0 spiro atoms. The second-order valence-corrected chi connectivity index (χ2v) is 5.75. The summed E-state index contributed by atoms with van der Waals surface area (Å²) in [6.07, 6.45) is 0.492. The van der Waals surface area contributed by atoms with Gasteiger partial charge in [0, 0.05) is 13.1 Å². The number of nitriles is 1. The van der Waals surface area contributed by atoms with E-state index in [4.69, 9.17) is 10.00 Å². The Morgan fingerprint density at radius 3 is 2.52 bits per heavy atom. The van der Waals surface area contributed by atoms with Gasteiger partial charge in [0.1, 0.15) is 5.60 Å². The fourth-order valence-corrected chi connectivity index (χ4v) is 2.10. The lowest BCUT2D eigenvalue weighted by Crippen LogP contribution is -2.39. The molecule has 114 valence electrons. The van der Waals surface area contributed by atoms with Crippen LogP contribution in [0.3, 0.4) is 0 Å². The fourth-order valence-electron chi connectivity index (χ4n) is 2.10. The Hall–Kier alpha value is -2.02. The van der Waals surface area contributed by atoms with E-state index in [0.717, 1.165) is 17.5 Å². The maximum atomic E-state index is 12.0. The molecule has 0 unspecified atom stereocenters. The second-order valence-electron chi connectivity index (χ2n) is 5.75. The monoisotopic (exact) mass is 288 g/mol. The lowest BCUT2D eigenvalue weighted by atomic mass is 9.98. The van der Waals surface area contributed by atoms with Crippen LogP contribution in [-0.4, -0.2) is 23.1 Å². The van der Waals surface area contributed by atoms with Crippen LogP contribution in [0.1, 0.15) is 51.3 Å². The summed E-state index contributed by atoms with van der Waals surface area (Å²) < 4.78 is 5.37. The average Bonchev–Trinajstić information content (AvgIpc) is 2.46. The molecule has 2 rings (SSSR count). The van der Waals surface area contributed by atoms with E-state index in [1.165, 1.54) is 0 Å². The number of rotatable bonds is 0. The highest BCUT2D eigenvalue weighted by molar-refractivity contribution is 5.68. The second kappa shape index (κ2) is 7.12. The number of benzene rings is 1. The Morgan fingerprint density at radius 2 is 1.95 bits per heavy atom. The number of nitrogens with zero attached hydrogens (tertiary/aromatic N) is 2. The molecule has 0 radical (unpaired) electrons. The van der Waals surface area contributed by atoms with Crippen molar-refractivity contribution in [3.63, 3.8) is 0 Å². The van der Waals surface area contributed by atoms with Crippen LogP contribution in [0.2, 0.25) is 0 Å². The van der Waals surface area contributed by atoms with Crippen molar-refractivity contribution in [1.29, 1.82) is 5.26 Å². The van der Waals surface area contributed by atoms with Crippen molar-refractivity contribution in [3.8, 4) is 6.07 Å². The number of carbonyl (C=O) groups is 1. The van der Waals surface area contributed by atoms with Gasteiger partial charge in [-0.05, 0) is 50.5 Å². The number of carbonyl (C=O) groups excluding carboxylic acids is 1. The van der Waals surface area contributed by atoms with E-state index in [1.54, 1.807) is 11.0 Å². The zero-order valence-electron chi connectivity index (χ0n) is 13.6. The van der Waals surface area contributed by atoms with Gasteiger partial charge in [0.25, 0.3) is 0 Å². The molecule has 1 aromatic carbocycles. The zero-order valence-corrected chi connectivity index (χ0v) is 13.6. The van der Waals surface area contributed by atoms with Crippen LogP contribution >= 0.6 is 0 Å². The molecular weight excluding hydrogens is 264 g/mol. The van der Waals surface area contributed by atoms with Gasteiger partial charge in [-0.3, -0.25) is 0 Å². The van der Waals surface area contributed by atoms with Crippen LogP contribution in [0.5, 0.6) is 0 Å².